The van der Waals surface area contributed by atoms with Crippen LogP contribution in [0, 0.1) is 0 Å². The molecular weight excluding hydrogens is 545 g/mol. The Morgan fingerprint density at radius 3 is 0.417 bits per heavy atom. The summed E-state index contributed by atoms with van der Waals surface area (Å²) in [6.45, 7) is 13.0. The van der Waals surface area contributed by atoms with Crippen LogP contribution in [-0.4, -0.2) is 117 Å². The van der Waals surface area contributed by atoms with Crippen molar-refractivity contribution in [3.05, 3.63) is 0 Å². The highest BCUT2D eigenvalue weighted by molar-refractivity contribution is 6.74. The van der Waals surface area contributed by atoms with Crippen LogP contribution in [0.15, 0.2) is 0 Å². The van der Waals surface area contributed by atoms with Gasteiger partial charge in [0.05, 0.1) is 0 Å². The van der Waals surface area contributed by atoms with Crippen LogP contribution in [0.4, 0.5) is 0 Å². The van der Waals surface area contributed by atoms with Crippen molar-refractivity contribution >= 4 is 34.7 Å². The van der Waals surface area contributed by atoms with Gasteiger partial charge < -0.3 is 55.2 Å². The average Bonchev–Trinajstić information content (AvgIpc) is 2.74. The molecule has 0 atom stereocenters. The van der Waals surface area contributed by atoms with E-state index in [0.717, 1.165) is 0 Å². The maximum Gasteiger partial charge on any atom is 0.678 e. The van der Waals surface area contributed by atoms with Gasteiger partial charge in [0.1, 0.15) is 0 Å². The van der Waals surface area contributed by atoms with Gasteiger partial charge in [-0.05, 0) is 0 Å². The molecule has 0 aromatic heterocycles. The molecule has 0 heterocycles. The van der Waals surface area contributed by atoms with Gasteiger partial charge in [-0.1, -0.05) is 55.9 Å². The number of rotatable bonds is 10. The van der Waals surface area contributed by atoms with E-state index in [4.69, 9.17) is 44.3 Å². The van der Waals surface area contributed by atoms with E-state index in [2.05, 4.69) is 26.2 Å². The molecule has 0 rings (SSSR count). The van der Waals surface area contributed by atoms with Crippen LogP contribution < -0.4 is 0 Å². The molecule has 36 heavy (non-hydrogen) atoms. The van der Waals surface area contributed by atoms with Crippen molar-refractivity contribution in [2.45, 2.75) is 69.0 Å². The van der Waals surface area contributed by atoms with Gasteiger partial charge in [-0.25, -0.2) is 0 Å². The third kappa shape index (κ3) is 41.5. The van der Waals surface area contributed by atoms with Crippen LogP contribution >= 0.6 is 0 Å². The lowest BCUT2D eigenvalue weighted by molar-refractivity contribution is 0.0226. The first-order valence-corrected chi connectivity index (χ1v) is 19.2. The van der Waals surface area contributed by atoms with Gasteiger partial charge in [-0.3, -0.25) is 0 Å². The Labute approximate surface area is 230 Å². The van der Waals surface area contributed by atoms with E-state index in [1.807, 2.05) is 13.1 Å². The smallest absolute Gasteiger partial charge is 0.412 e. The second-order valence-corrected chi connectivity index (χ2v) is 21.8. The minimum absolute atomic E-state index is 0. The molecule has 0 saturated carbocycles. The molecule has 236 valence electrons. The molecule has 0 aliphatic rings. The quantitative estimate of drug-likeness (QED) is 0.332. The summed E-state index contributed by atoms with van der Waals surface area (Å²) < 4.78 is 49.0. The number of hydrogen-bond acceptors (Lipinski definition) is 10. The first kappa shape index (κ1) is 65.4. The zero-order valence-electron chi connectivity index (χ0n) is 23.1. The lowest BCUT2D eigenvalue weighted by atomic mass is 11.8. The molecular formula is C20H68O12Si4. The largest absolute Gasteiger partial charge is 0.678 e. The molecule has 0 bridgehead atoms. The van der Waals surface area contributed by atoms with Gasteiger partial charge in [-0.2, -0.15) is 0 Å². The molecule has 0 aliphatic carbocycles. The average molecular weight is 613 g/mol. The summed E-state index contributed by atoms with van der Waals surface area (Å²) in [4.78, 5) is 0. The van der Waals surface area contributed by atoms with Gasteiger partial charge in [-0.15, -0.1) is 0 Å². The summed E-state index contributed by atoms with van der Waals surface area (Å²) in [5.41, 5.74) is 0. The van der Waals surface area contributed by atoms with Crippen molar-refractivity contribution in [1.29, 1.82) is 0 Å². The second kappa shape index (κ2) is 35.4. The first-order chi connectivity index (χ1) is 13.6. The molecule has 0 aromatic rings. The zero-order chi connectivity index (χ0) is 25.1. The fraction of sp³-hybridized carbons (Fsp3) is 1.00. The Morgan fingerprint density at radius 2 is 0.417 bits per heavy atom. The van der Waals surface area contributed by atoms with Crippen LogP contribution in [0.3, 0.4) is 0 Å². The molecule has 0 saturated heterocycles. The molecule has 4 N–H and O–H groups in total. The van der Waals surface area contributed by atoms with Crippen molar-refractivity contribution in [2.24, 2.45) is 0 Å². The van der Waals surface area contributed by atoms with Gasteiger partial charge in [0, 0.05) is 92.3 Å². The van der Waals surface area contributed by atoms with Gasteiger partial charge >= 0.3 is 26.7 Å². The van der Waals surface area contributed by atoms with Crippen molar-refractivity contribution in [1.82, 2.24) is 0 Å². The van der Waals surface area contributed by atoms with Crippen LogP contribution in [0.5, 0.6) is 0 Å². The third-order valence-corrected chi connectivity index (χ3v) is 9.67. The lowest BCUT2D eigenvalue weighted by Gasteiger charge is -2.19. The molecule has 12 nitrogen and oxygen atoms in total. The molecule has 0 spiro atoms. The zero-order valence-corrected chi connectivity index (χ0v) is 27.1. The third-order valence-electron chi connectivity index (χ3n) is 3.22. The highest BCUT2D eigenvalue weighted by Gasteiger charge is 2.40. The molecule has 0 amide bonds. The Bertz CT molecular complexity index is 309. The van der Waals surface area contributed by atoms with Crippen LogP contribution in [0.25, 0.3) is 0 Å². The van der Waals surface area contributed by atoms with Crippen LogP contribution in [0.1, 0.15) is 29.7 Å². The molecule has 0 radical (unpaired) electrons. The molecule has 0 aliphatic heterocycles. The molecule has 0 unspecified atom stereocenters. The van der Waals surface area contributed by atoms with Crippen molar-refractivity contribution < 1.29 is 55.2 Å². The fourth-order valence-corrected chi connectivity index (χ4v) is 3.00. The van der Waals surface area contributed by atoms with E-state index in [9.17, 15) is 0 Å². The first-order valence-electron chi connectivity index (χ1n) is 9.12. The maximum atomic E-state index is 4.93. The summed E-state index contributed by atoms with van der Waals surface area (Å²) in [5.74, 6) is 0. The number of hydrogen-bond donors (Lipinski definition) is 0. The summed E-state index contributed by atoms with van der Waals surface area (Å²) >= 11 is 0. The van der Waals surface area contributed by atoms with E-state index in [1.54, 1.807) is 42.7 Å². The topological polar surface area (TPSA) is 155 Å². The van der Waals surface area contributed by atoms with E-state index in [0.29, 0.717) is 0 Å². The minimum Gasteiger partial charge on any atom is -0.412 e. The SMILES string of the molecule is C.C.C.C.CO[Si](C)(OC)OC.CO[Si](C)(OC)OC.CO[Si](OC)(OC)OC.C[Si](C)(C)C.O.O. The molecule has 0 fully saturated rings. The normalized spacial score (nSPS) is 10.0. The van der Waals surface area contributed by atoms with Crippen molar-refractivity contribution in [2.75, 3.05) is 71.1 Å². The van der Waals surface area contributed by atoms with E-state index in [1.165, 1.54) is 28.4 Å². The molecule has 0 aromatic carbocycles. The maximum absolute atomic E-state index is 4.93. The monoisotopic (exact) mass is 612 g/mol. The van der Waals surface area contributed by atoms with E-state index < -0.39 is 34.7 Å². The molecule has 16 heteroatoms. The summed E-state index contributed by atoms with van der Waals surface area (Å²) in [7, 11) is 7.81. The van der Waals surface area contributed by atoms with Gasteiger partial charge in [0.2, 0.25) is 0 Å². The Morgan fingerprint density at radius 1 is 0.306 bits per heavy atom. The van der Waals surface area contributed by atoms with E-state index in [-0.39, 0.29) is 40.7 Å². The summed E-state index contributed by atoms with van der Waals surface area (Å²) in [6, 6.07) is 0. The summed E-state index contributed by atoms with van der Waals surface area (Å²) in [5, 5.41) is 0. The second-order valence-electron chi connectivity index (χ2n) is 7.27. The predicted molar refractivity (Wildman–Crippen MR) is 162 cm³/mol. The highest BCUT2D eigenvalue weighted by atomic mass is 28.4. The van der Waals surface area contributed by atoms with Crippen molar-refractivity contribution in [3.8, 4) is 0 Å². The van der Waals surface area contributed by atoms with Gasteiger partial charge in [0.15, 0.2) is 0 Å². The Hall–Kier alpha value is 0.388. The predicted octanol–water partition coefficient (Wildman–Crippen LogP) is 3.85. The highest BCUT2D eigenvalue weighted by Crippen LogP contribution is 2.04. The lowest BCUT2D eigenvalue weighted by Crippen LogP contribution is -2.45. The van der Waals surface area contributed by atoms with Gasteiger partial charge in [0.25, 0.3) is 0 Å². The Balaban J connectivity index is -0.0000000301. The minimum atomic E-state index is -2.69. The standard InChI is InChI=1S/C4H12O4Si.2C4H12O3Si.C4H12Si.4CH4.2H2O/c1-5-9(6-2,7-3)8-4;2*1-5-8(4,6-2)7-3;1-5(2,3)4;;;;;;/h1-4H3;2*1-4H3;1-4H3;4*1H4;2*1H2. The fourth-order valence-electron chi connectivity index (χ4n) is 1.00. The van der Waals surface area contributed by atoms with Crippen LogP contribution in [-0.2, 0) is 44.3 Å². The van der Waals surface area contributed by atoms with Crippen molar-refractivity contribution in [3.63, 3.8) is 0 Å². The van der Waals surface area contributed by atoms with Crippen LogP contribution in [0.2, 0.25) is 39.3 Å². The summed E-state index contributed by atoms with van der Waals surface area (Å²) in [6.07, 6.45) is 0. The Kier molecular flexibility index (Phi) is 64.3. The van der Waals surface area contributed by atoms with E-state index >= 15 is 0 Å².